The number of nitrogens with zero attached hydrogens (tertiary/aromatic N) is 1. The monoisotopic (exact) mass is 370 g/mol. The molecule has 2 aromatic rings. The van der Waals surface area contributed by atoms with E-state index in [-0.39, 0.29) is 5.57 Å². The predicted molar refractivity (Wildman–Crippen MR) is 98.9 cm³/mol. The number of carbonyl (C=O) groups is 2. The first-order valence-corrected chi connectivity index (χ1v) is 7.74. The van der Waals surface area contributed by atoms with Crippen molar-refractivity contribution in [2.24, 2.45) is 5.73 Å². The molecule has 0 unspecified atom stereocenters. The third-order valence-corrected chi connectivity index (χ3v) is 3.62. The van der Waals surface area contributed by atoms with Crippen molar-refractivity contribution in [1.82, 2.24) is 0 Å². The maximum absolute atomic E-state index is 12.2. The predicted octanol–water partition coefficient (Wildman–Crippen LogP) is 2.91. The number of halogens is 1. The molecule has 0 aliphatic carbocycles. The lowest BCUT2D eigenvalue weighted by Gasteiger charge is -2.08. The molecule has 0 aliphatic rings. The van der Waals surface area contributed by atoms with Crippen LogP contribution < -0.4 is 21.1 Å². The van der Waals surface area contributed by atoms with Gasteiger partial charge in [-0.05, 0) is 42.5 Å². The van der Waals surface area contributed by atoms with Crippen molar-refractivity contribution in [3.05, 3.63) is 64.8 Å². The number of benzene rings is 2. The Hall–Kier alpha value is -3.50. The van der Waals surface area contributed by atoms with E-state index in [0.717, 1.165) is 0 Å². The molecule has 0 saturated heterocycles. The molecule has 2 rings (SSSR count). The van der Waals surface area contributed by atoms with Crippen LogP contribution >= 0.6 is 11.6 Å². The molecule has 26 heavy (non-hydrogen) atoms. The molecule has 0 aromatic heterocycles. The van der Waals surface area contributed by atoms with E-state index < -0.39 is 11.8 Å². The van der Waals surface area contributed by atoms with Gasteiger partial charge in [-0.3, -0.25) is 9.59 Å². The van der Waals surface area contributed by atoms with Gasteiger partial charge >= 0.3 is 0 Å². The van der Waals surface area contributed by atoms with E-state index >= 15 is 0 Å². The number of nitrogens with two attached hydrogens (primary N) is 1. The van der Waals surface area contributed by atoms with E-state index in [1.807, 2.05) is 6.07 Å². The first-order chi connectivity index (χ1) is 12.4. The van der Waals surface area contributed by atoms with Gasteiger partial charge in [0.15, 0.2) is 0 Å². The van der Waals surface area contributed by atoms with E-state index in [9.17, 15) is 14.9 Å². The number of rotatable bonds is 6. The summed E-state index contributed by atoms with van der Waals surface area (Å²) in [4.78, 5) is 23.2. The van der Waals surface area contributed by atoms with Gasteiger partial charge in [-0.2, -0.15) is 5.26 Å². The van der Waals surface area contributed by atoms with Crippen LogP contribution in [0.3, 0.4) is 0 Å². The molecule has 0 atom stereocenters. The van der Waals surface area contributed by atoms with Crippen molar-refractivity contribution in [1.29, 1.82) is 5.26 Å². The van der Waals surface area contributed by atoms with Gasteiger partial charge in [0, 0.05) is 23.1 Å². The fraction of sp³-hybridized carbons (Fsp3) is 0.0556. The topological polar surface area (TPSA) is 117 Å². The molecular weight excluding hydrogens is 356 g/mol. The minimum absolute atomic E-state index is 0.143. The summed E-state index contributed by atoms with van der Waals surface area (Å²) in [5.74, 6) is -0.667. The number of hydrogen-bond donors (Lipinski definition) is 3. The van der Waals surface area contributed by atoms with Crippen LogP contribution in [0, 0.1) is 11.3 Å². The normalized spacial score (nSPS) is 10.6. The number of amides is 2. The average molecular weight is 371 g/mol. The highest BCUT2D eigenvalue weighted by Crippen LogP contribution is 2.27. The van der Waals surface area contributed by atoms with Crippen LogP contribution in [0.4, 0.5) is 11.4 Å². The fourth-order valence-corrected chi connectivity index (χ4v) is 2.24. The van der Waals surface area contributed by atoms with Gasteiger partial charge in [0.05, 0.1) is 12.1 Å². The zero-order valence-electron chi connectivity index (χ0n) is 13.7. The number of methoxy groups -OCH3 is 1. The Labute approximate surface area is 155 Å². The van der Waals surface area contributed by atoms with Crippen LogP contribution in [0.25, 0.3) is 0 Å². The maximum atomic E-state index is 12.2. The molecule has 132 valence electrons. The number of primary amides is 1. The van der Waals surface area contributed by atoms with E-state index in [4.69, 9.17) is 22.1 Å². The number of nitriles is 1. The molecule has 7 nitrogen and oxygen atoms in total. The maximum Gasteiger partial charge on any atom is 0.267 e. The van der Waals surface area contributed by atoms with E-state index in [1.54, 1.807) is 24.3 Å². The second-order valence-corrected chi connectivity index (χ2v) is 5.47. The Kier molecular flexibility index (Phi) is 6.20. The molecule has 0 radical (unpaired) electrons. The zero-order valence-corrected chi connectivity index (χ0v) is 14.5. The summed E-state index contributed by atoms with van der Waals surface area (Å²) in [6, 6.07) is 12.8. The van der Waals surface area contributed by atoms with Crippen LogP contribution in [-0.4, -0.2) is 18.9 Å². The number of hydrogen-bond acceptors (Lipinski definition) is 5. The molecule has 2 aromatic carbocycles. The van der Waals surface area contributed by atoms with Crippen LogP contribution in [0.2, 0.25) is 5.02 Å². The molecule has 8 heteroatoms. The zero-order chi connectivity index (χ0) is 19.1. The highest BCUT2D eigenvalue weighted by Gasteiger charge is 2.11. The van der Waals surface area contributed by atoms with Crippen molar-refractivity contribution in [3.63, 3.8) is 0 Å². The lowest BCUT2D eigenvalue weighted by molar-refractivity contribution is -0.112. The summed E-state index contributed by atoms with van der Waals surface area (Å²) < 4.78 is 5.04. The smallest absolute Gasteiger partial charge is 0.267 e. The van der Waals surface area contributed by atoms with Crippen molar-refractivity contribution in [2.75, 3.05) is 17.7 Å². The van der Waals surface area contributed by atoms with Gasteiger partial charge in [-0.1, -0.05) is 11.6 Å². The summed E-state index contributed by atoms with van der Waals surface area (Å²) in [5, 5.41) is 14.9. The summed E-state index contributed by atoms with van der Waals surface area (Å²) >= 11 is 6.00. The van der Waals surface area contributed by atoms with E-state index in [1.165, 1.54) is 31.5 Å². The Balaban J connectivity index is 2.08. The number of anilines is 2. The summed E-state index contributed by atoms with van der Waals surface area (Å²) in [7, 11) is 1.48. The van der Waals surface area contributed by atoms with Gasteiger partial charge in [0.2, 0.25) is 5.91 Å². The Bertz CT molecular complexity index is 902. The SMILES string of the molecule is COc1ccc(NC(=O)/C(C#N)=C\Nc2ccc(C(N)=O)cc2)cc1Cl. The minimum Gasteiger partial charge on any atom is -0.495 e. The summed E-state index contributed by atoms with van der Waals surface area (Å²) in [6.45, 7) is 0. The lowest BCUT2D eigenvalue weighted by atomic mass is 10.2. The second kappa shape index (κ2) is 8.55. The first kappa shape index (κ1) is 18.8. The Morgan fingerprint density at radius 2 is 1.85 bits per heavy atom. The van der Waals surface area contributed by atoms with E-state index in [2.05, 4.69) is 10.6 Å². The summed E-state index contributed by atoms with van der Waals surface area (Å²) in [5.41, 5.74) is 6.39. The van der Waals surface area contributed by atoms with Gasteiger partial charge in [0.1, 0.15) is 17.4 Å². The largest absolute Gasteiger partial charge is 0.495 e. The quantitative estimate of drug-likeness (QED) is 0.533. The van der Waals surface area contributed by atoms with Gasteiger partial charge in [-0.25, -0.2) is 0 Å². The average Bonchev–Trinajstić information content (AvgIpc) is 2.62. The molecule has 0 heterocycles. The van der Waals surface area contributed by atoms with Crippen LogP contribution in [-0.2, 0) is 4.79 Å². The fourth-order valence-electron chi connectivity index (χ4n) is 1.98. The van der Waals surface area contributed by atoms with Crippen molar-refractivity contribution in [3.8, 4) is 11.8 Å². The molecule has 4 N–H and O–H groups in total. The lowest BCUT2D eigenvalue weighted by Crippen LogP contribution is -2.14. The van der Waals surface area contributed by atoms with E-state index in [0.29, 0.717) is 27.7 Å². The molecular formula is C18H15ClN4O3. The highest BCUT2D eigenvalue weighted by atomic mass is 35.5. The van der Waals surface area contributed by atoms with Crippen molar-refractivity contribution < 1.29 is 14.3 Å². The third-order valence-electron chi connectivity index (χ3n) is 3.33. The number of ether oxygens (including phenoxy) is 1. The number of nitrogens with one attached hydrogen (secondary N) is 2. The highest BCUT2D eigenvalue weighted by molar-refractivity contribution is 6.32. The van der Waals surface area contributed by atoms with Crippen LogP contribution in [0.15, 0.2) is 54.2 Å². The standard InChI is InChI=1S/C18H15ClN4O3/c1-26-16-7-6-14(8-15(16)19)23-18(25)12(9-20)10-22-13-4-2-11(3-5-13)17(21)24/h2-8,10,22H,1H3,(H2,21,24)(H,23,25)/b12-10-. The Morgan fingerprint density at radius 3 is 2.38 bits per heavy atom. The molecule has 0 spiro atoms. The first-order valence-electron chi connectivity index (χ1n) is 7.36. The van der Waals surface area contributed by atoms with Crippen molar-refractivity contribution >= 4 is 34.8 Å². The molecule has 0 saturated carbocycles. The molecule has 2 amide bonds. The molecule has 0 bridgehead atoms. The molecule has 0 aliphatic heterocycles. The van der Waals surface area contributed by atoms with Crippen LogP contribution in [0.5, 0.6) is 5.75 Å². The Morgan fingerprint density at radius 1 is 1.19 bits per heavy atom. The second-order valence-electron chi connectivity index (χ2n) is 5.06. The third kappa shape index (κ3) is 4.75. The minimum atomic E-state index is -0.602. The van der Waals surface area contributed by atoms with Crippen LogP contribution in [0.1, 0.15) is 10.4 Å². The number of carbonyl (C=O) groups excluding carboxylic acids is 2. The van der Waals surface area contributed by atoms with Gasteiger partial charge in [-0.15, -0.1) is 0 Å². The molecule has 0 fully saturated rings. The van der Waals surface area contributed by atoms with Crippen molar-refractivity contribution in [2.45, 2.75) is 0 Å². The van der Waals surface area contributed by atoms with Gasteiger partial charge < -0.3 is 21.1 Å². The van der Waals surface area contributed by atoms with Gasteiger partial charge in [0.25, 0.3) is 5.91 Å². The summed E-state index contributed by atoms with van der Waals surface area (Å²) in [6.07, 6.45) is 1.26.